The molecule has 2 amide bonds. The number of amides is 2. The number of carbonyl (C=O) groups is 2. The van der Waals surface area contributed by atoms with E-state index >= 15 is 0 Å². The predicted molar refractivity (Wildman–Crippen MR) is 109 cm³/mol. The van der Waals surface area contributed by atoms with Gasteiger partial charge < -0.3 is 11.1 Å². The standard InChI is InChI=1S/C20H20N4O3S/c1-11-22-19-17(13-7-3-5-9-15(13)28-19)20(27)24(11)10-16(25)23-14-8-4-2-6-12(14)18(21)26/h2,4,6,8H,3,5,7,9-10H2,1H3,(H2,21,26)(H,23,25). The van der Waals surface area contributed by atoms with Gasteiger partial charge in [0.2, 0.25) is 5.91 Å². The Morgan fingerprint density at radius 2 is 2.00 bits per heavy atom. The van der Waals surface area contributed by atoms with Crippen molar-refractivity contribution in [2.45, 2.75) is 39.2 Å². The molecule has 144 valence electrons. The van der Waals surface area contributed by atoms with Crippen molar-refractivity contribution >= 4 is 39.1 Å². The van der Waals surface area contributed by atoms with E-state index in [0.29, 0.717) is 16.9 Å². The van der Waals surface area contributed by atoms with Gasteiger partial charge in [0.25, 0.3) is 11.5 Å². The lowest BCUT2D eigenvalue weighted by molar-refractivity contribution is -0.116. The highest BCUT2D eigenvalue weighted by Gasteiger charge is 2.22. The van der Waals surface area contributed by atoms with Gasteiger partial charge in [0, 0.05) is 4.88 Å². The number of rotatable bonds is 4. The fraction of sp³-hybridized carbons (Fsp3) is 0.300. The van der Waals surface area contributed by atoms with Gasteiger partial charge in [-0.15, -0.1) is 11.3 Å². The highest BCUT2D eigenvalue weighted by Crippen LogP contribution is 2.33. The highest BCUT2D eigenvalue weighted by molar-refractivity contribution is 7.18. The first-order chi connectivity index (χ1) is 13.5. The summed E-state index contributed by atoms with van der Waals surface area (Å²) < 4.78 is 1.39. The lowest BCUT2D eigenvalue weighted by Gasteiger charge is -2.13. The Balaban J connectivity index is 1.67. The maximum Gasteiger partial charge on any atom is 0.263 e. The summed E-state index contributed by atoms with van der Waals surface area (Å²) in [4.78, 5) is 43.8. The average molecular weight is 396 g/mol. The Hall–Kier alpha value is -3.00. The average Bonchev–Trinajstić information content (AvgIpc) is 3.03. The maximum absolute atomic E-state index is 13.1. The molecule has 1 aromatic carbocycles. The first-order valence-electron chi connectivity index (χ1n) is 9.16. The van der Waals surface area contributed by atoms with Crippen molar-refractivity contribution in [3.05, 3.63) is 56.4 Å². The first-order valence-corrected chi connectivity index (χ1v) is 9.97. The van der Waals surface area contributed by atoms with E-state index < -0.39 is 11.8 Å². The summed E-state index contributed by atoms with van der Waals surface area (Å²) in [6, 6.07) is 6.51. The van der Waals surface area contributed by atoms with Gasteiger partial charge in [-0.05, 0) is 50.3 Å². The number of carbonyl (C=O) groups excluding carboxylic acids is 2. The normalized spacial score (nSPS) is 13.3. The molecule has 0 saturated carbocycles. The van der Waals surface area contributed by atoms with Crippen LogP contribution in [0.15, 0.2) is 29.1 Å². The summed E-state index contributed by atoms with van der Waals surface area (Å²) in [5, 5.41) is 3.32. The van der Waals surface area contributed by atoms with E-state index in [-0.39, 0.29) is 17.7 Å². The highest BCUT2D eigenvalue weighted by atomic mass is 32.1. The molecule has 2 heterocycles. The Bertz CT molecular complexity index is 1160. The van der Waals surface area contributed by atoms with Crippen LogP contribution in [0.25, 0.3) is 10.2 Å². The van der Waals surface area contributed by atoms with Gasteiger partial charge in [0.05, 0.1) is 16.6 Å². The van der Waals surface area contributed by atoms with Gasteiger partial charge in [-0.1, -0.05) is 12.1 Å². The quantitative estimate of drug-likeness (QED) is 0.706. The smallest absolute Gasteiger partial charge is 0.263 e. The number of nitrogens with one attached hydrogen (secondary N) is 1. The Labute approximate surface area is 165 Å². The monoisotopic (exact) mass is 396 g/mol. The summed E-state index contributed by atoms with van der Waals surface area (Å²) in [6.45, 7) is 1.55. The third-order valence-electron chi connectivity index (χ3n) is 5.03. The second-order valence-corrected chi connectivity index (χ2v) is 7.98. The lowest BCUT2D eigenvalue weighted by atomic mass is 9.97. The second-order valence-electron chi connectivity index (χ2n) is 6.90. The van der Waals surface area contributed by atoms with Crippen LogP contribution in [0.4, 0.5) is 5.69 Å². The van der Waals surface area contributed by atoms with Crippen molar-refractivity contribution in [2.24, 2.45) is 5.73 Å². The fourth-order valence-corrected chi connectivity index (χ4v) is 4.96. The van der Waals surface area contributed by atoms with Crippen LogP contribution in [0, 0.1) is 6.92 Å². The van der Waals surface area contributed by atoms with Gasteiger partial charge in [-0.25, -0.2) is 4.98 Å². The summed E-state index contributed by atoms with van der Waals surface area (Å²) in [7, 11) is 0. The minimum atomic E-state index is -0.628. The van der Waals surface area contributed by atoms with Crippen LogP contribution in [-0.2, 0) is 24.2 Å². The zero-order valence-corrected chi connectivity index (χ0v) is 16.3. The topological polar surface area (TPSA) is 107 Å². The van der Waals surface area contributed by atoms with Crippen molar-refractivity contribution < 1.29 is 9.59 Å². The molecule has 7 nitrogen and oxygen atoms in total. The van der Waals surface area contributed by atoms with Gasteiger partial charge >= 0.3 is 0 Å². The van der Waals surface area contributed by atoms with Crippen LogP contribution in [0.2, 0.25) is 0 Å². The number of aromatic nitrogens is 2. The van der Waals surface area contributed by atoms with Gasteiger partial charge in [0.1, 0.15) is 17.2 Å². The molecule has 0 unspecified atom stereocenters. The molecular formula is C20H20N4O3S. The molecule has 4 rings (SSSR count). The first kappa shape index (κ1) is 18.4. The molecular weight excluding hydrogens is 376 g/mol. The molecule has 1 aliphatic carbocycles. The summed E-state index contributed by atoms with van der Waals surface area (Å²) in [6.07, 6.45) is 4.07. The SMILES string of the molecule is Cc1nc2sc3c(c2c(=O)n1CC(=O)Nc1ccccc1C(N)=O)CCCC3. The van der Waals surface area contributed by atoms with Crippen molar-refractivity contribution in [1.29, 1.82) is 0 Å². The third kappa shape index (κ3) is 3.20. The molecule has 3 aromatic rings. The van der Waals surface area contributed by atoms with E-state index in [0.717, 1.165) is 36.1 Å². The van der Waals surface area contributed by atoms with Crippen LogP contribution in [-0.4, -0.2) is 21.4 Å². The minimum Gasteiger partial charge on any atom is -0.366 e. The molecule has 2 aromatic heterocycles. The van der Waals surface area contributed by atoms with Crippen molar-refractivity contribution in [3.63, 3.8) is 0 Å². The molecule has 0 spiro atoms. The van der Waals surface area contributed by atoms with Crippen molar-refractivity contribution in [3.8, 4) is 0 Å². The van der Waals surface area contributed by atoms with Crippen molar-refractivity contribution in [2.75, 3.05) is 5.32 Å². The summed E-state index contributed by atoms with van der Waals surface area (Å²) in [5.74, 6) is -0.546. The molecule has 28 heavy (non-hydrogen) atoms. The fourth-order valence-electron chi connectivity index (χ4n) is 3.67. The van der Waals surface area contributed by atoms with Crippen LogP contribution >= 0.6 is 11.3 Å². The Morgan fingerprint density at radius 1 is 1.25 bits per heavy atom. The number of nitrogens with zero attached hydrogens (tertiary/aromatic N) is 2. The number of benzene rings is 1. The third-order valence-corrected chi connectivity index (χ3v) is 6.22. The molecule has 0 fully saturated rings. The predicted octanol–water partition coefficient (Wildman–Crippen LogP) is 2.38. The number of thiophene rings is 1. The maximum atomic E-state index is 13.1. The number of para-hydroxylation sites is 1. The second kappa shape index (κ2) is 7.20. The number of anilines is 1. The van der Waals surface area contributed by atoms with E-state index in [9.17, 15) is 14.4 Å². The molecule has 0 aliphatic heterocycles. The van der Waals surface area contributed by atoms with E-state index in [1.54, 1.807) is 42.5 Å². The number of nitrogens with two attached hydrogens (primary N) is 1. The van der Waals surface area contributed by atoms with Crippen molar-refractivity contribution in [1.82, 2.24) is 9.55 Å². The number of aryl methyl sites for hydroxylation is 3. The molecule has 0 bridgehead atoms. The largest absolute Gasteiger partial charge is 0.366 e. The van der Waals surface area contributed by atoms with E-state index in [1.165, 1.54) is 9.44 Å². The molecule has 3 N–H and O–H groups in total. The Kier molecular flexibility index (Phi) is 4.72. The summed E-state index contributed by atoms with van der Waals surface area (Å²) in [5.41, 5.74) is 6.82. The van der Waals surface area contributed by atoms with Crippen LogP contribution < -0.4 is 16.6 Å². The van der Waals surface area contributed by atoms with Gasteiger partial charge in [-0.2, -0.15) is 0 Å². The van der Waals surface area contributed by atoms with Crippen LogP contribution in [0.5, 0.6) is 0 Å². The van der Waals surface area contributed by atoms with Crippen LogP contribution in [0.1, 0.15) is 39.5 Å². The zero-order valence-electron chi connectivity index (χ0n) is 15.4. The lowest BCUT2D eigenvalue weighted by Crippen LogP contribution is -2.30. The summed E-state index contributed by atoms with van der Waals surface area (Å²) >= 11 is 1.59. The molecule has 0 atom stereocenters. The van der Waals surface area contributed by atoms with E-state index in [4.69, 9.17) is 5.73 Å². The Morgan fingerprint density at radius 3 is 2.79 bits per heavy atom. The zero-order chi connectivity index (χ0) is 19.8. The number of hydrogen-bond acceptors (Lipinski definition) is 5. The minimum absolute atomic E-state index is 0.175. The van der Waals surface area contributed by atoms with Crippen LogP contribution in [0.3, 0.4) is 0 Å². The molecule has 1 aliphatic rings. The molecule has 0 saturated heterocycles. The molecule has 0 radical (unpaired) electrons. The van der Waals surface area contributed by atoms with Gasteiger partial charge in [-0.3, -0.25) is 19.0 Å². The van der Waals surface area contributed by atoms with E-state index in [2.05, 4.69) is 10.3 Å². The number of hydrogen-bond donors (Lipinski definition) is 2. The van der Waals surface area contributed by atoms with E-state index in [1.807, 2.05) is 0 Å². The number of fused-ring (bicyclic) bond motifs is 3. The molecule has 8 heteroatoms. The van der Waals surface area contributed by atoms with Gasteiger partial charge in [0.15, 0.2) is 0 Å². The number of primary amides is 1.